The molecule has 7 nitrogen and oxygen atoms in total. The van der Waals surface area contributed by atoms with Gasteiger partial charge in [0.2, 0.25) is 0 Å². The van der Waals surface area contributed by atoms with Crippen LogP contribution in [0.3, 0.4) is 0 Å². The Balaban J connectivity index is 1.72. The minimum atomic E-state index is -0.943. The smallest absolute Gasteiger partial charge is 0.301 e. The summed E-state index contributed by atoms with van der Waals surface area (Å²) < 4.78 is 12.1. The second-order valence-corrected chi connectivity index (χ2v) is 10.1. The number of methoxy groups -OCH3 is 1. The Morgan fingerprint density at radius 1 is 1.05 bits per heavy atom. The summed E-state index contributed by atoms with van der Waals surface area (Å²) in [5, 5.41) is 12.2. The zero-order chi connectivity index (χ0) is 27.0. The zero-order valence-corrected chi connectivity index (χ0v) is 22.6. The van der Waals surface area contributed by atoms with Crippen molar-refractivity contribution in [3.63, 3.8) is 0 Å². The molecule has 5 rings (SSSR count). The Labute approximate surface area is 228 Å². The van der Waals surface area contributed by atoms with Crippen LogP contribution in [0, 0.1) is 0 Å². The minimum Gasteiger partial charge on any atom is -0.507 e. The number of hydrogen-bond donors (Lipinski definition) is 1. The Morgan fingerprint density at radius 3 is 2.50 bits per heavy atom. The van der Waals surface area contributed by atoms with E-state index in [2.05, 4.69) is 6.92 Å². The van der Waals surface area contributed by atoms with Crippen LogP contribution in [0.5, 0.6) is 11.5 Å². The van der Waals surface area contributed by atoms with Gasteiger partial charge < -0.3 is 14.6 Å². The summed E-state index contributed by atoms with van der Waals surface area (Å²) in [7, 11) is 1.52. The van der Waals surface area contributed by atoms with E-state index in [1.807, 2.05) is 25.1 Å². The Morgan fingerprint density at radius 2 is 1.82 bits per heavy atom. The second kappa shape index (κ2) is 10.5. The highest BCUT2D eigenvalue weighted by Crippen LogP contribution is 2.46. The number of Topliss-reactive ketones (excluding diaryl/α,β-unsaturated/α-hetero) is 1. The lowest BCUT2D eigenvalue weighted by molar-refractivity contribution is -0.132. The lowest BCUT2D eigenvalue weighted by Crippen LogP contribution is -2.29. The van der Waals surface area contributed by atoms with Crippen molar-refractivity contribution in [1.29, 1.82) is 0 Å². The lowest BCUT2D eigenvalue weighted by atomic mass is 9.95. The number of aliphatic hydroxyl groups is 1. The van der Waals surface area contributed by atoms with Gasteiger partial charge in [0.05, 0.1) is 35.5 Å². The second-order valence-electron chi connectivity index (χ2n) is 8.67. The van der Waals surface area contributed by atoms with Crippen LogP contribution in [-0.2, 0) is 16.0 Å². The fourth-order valence-corrected chi connectivity index (χ4v) is 5.70. The number of benzene rings is 3. The molecule has 2 heterocycles. The van der Waals surface area contributed by atoms with Gasteiger partial charge in [-0.05, 0) is 73.0 Å². The van der Waals surface area contributed by atoms with Gasteiger partial charge in [-0.3, -0.25) is 14.5 Å². The fourth-order valence-electron chi connectivity index (χ4n) is 4.52. The molecule has 1 atom stereocenters. The van der Waals surface area contributed by atoms with Gasteiger partial charge in [0.15, 0.2) is 16.6 Å². The molecule has 0 saturated carbocycles. The molecule has 0 radical (unpaired) electrons. The number of aromatic nitrogens is 1. The molecule has 1 fully saturated rings. The van der Waals surface area contributed by atoms with Crippen molar-refractivity contribution in [1.82, 2.24) is 4.98 Å². The largest absolute Gasteiger partial charge is 0.507 e. The number of nitrogens with zero attached hydrogens (tertiary/aromatic N) is 2. The molecule has 38 heavy (non-hydrogen) atoms. The number of amides is 1. The van der Waals surface area contributed by atoms with Crippen molar-refractivity contribution in [3.8, 4) is 11.5 Å². The maximum atomic E-state index is 13.5. The summed E-state index contributed by atoms with van der Waals surface area (Å²) in [6, 6.07) is 16.6. The summed E-state index contributed by atoms with van der Waals surface area (Å²) in [5.41, 5.74) is 2.76. The van der Waals surface area contributed by atoms with Crippen LogP contribution in [0.25, 0.3) is 16.0 Å². The Hall–Kier alpha value is -3.88. The van der Waals surface area contributed by atoms with Crippen molar-refractivity contribution in [2.75, 3.05) is 18.6 Å². The van der Waals surface area contributed by atoms with Gasteiger partial charge in [-0.1, -0.05) is 42.0 Å². The molecule has 1 saturated heterocycles. The van der Waals surface area contributed by atoms with Gasteiger partial charge in [-0.2, -0.15) is 0 Å². The molecule has 4 aromatic rings. The normalized spacial score (nSPS) is 16.8. The van der Waals surface area contributed by atoms with Crippen molar-refractivity contribution < 1.29 is 24.2 Å². The number of anilines is 1. The highest BCUT2D eigenvalue weighted by Gasteiger charge is 2.48. The van der Waals surface area contributed by atoms with Gasteiger partial charge in [0.25, 0.3) is 5.78 Å². The highest BCUT2D eigenvalue weighted by atomic mass is 35.5. The van der Waals surface area contributed by atoms with E-state index in [0.717, 1.165) is 22.2 Å². The van der Waals surface area contributed by atoms with Crippen molar-refractivity contribution >= 4 is 55.7 Å². The monoisotopic (exact) mass is 548 g/mol. The molecule has 9 heteroatoms. The lowest BCUT2D eigenvalue weighted by Gasteiger charge is -2.24. The van der Waals surface area contributed by atoms with Crippen LogP contribution in [0.15, 0.2) is 66.2 Å². The third kappa shape index (κ3) is 4.50. The van der Waals surface area contributed by atoms with Crippen LogP contribution >= 0.6 is 22.9 Å². The Kier molecular flexibility index (Phi) is 7.10. The van der Waals surface area contributed by atoms with Crippen LogP contribution in [-0.4, -0.2) is 35.5 Å². The van der Waals surface area contributed by atoms with Crippen molar-refractivity contribution in [3.05, 3.63) is 87.9 Å². The van der Waals surface area contributed by atoms with E-state index in [1.165, 1.54) is 23.3 Å². The molecule has 1 aliphatic heterocycles. The third-order valence-corrected chi connectivity index (χ3v) is 7.69. The number of hydrogen-bond acceptors (Lipinski definition) is 7. The first-order valence-corrected chi connectivity index (χ1v) is 13.3. The van der Waals surface area contributed by atoms with Crippen LogP contribution in [0.1, 0.15) is 36.6 Å². The molecule has 194 valence electrons. The number of ketones is 1. The van der Waals surface area contributed by atoms with Gasteiger partial charge >= 0.3 is 5.91 Å². The zero-order valence-electron chi connectivity index (χ0n) is 21.0. The molecule has 1 aliphatic rings. The number of carbonyl (C=O) groups is 2. The molecule has 0 bridgehead atoms. The molecule has 1 N–H and O–H groups in total. The van der Waals surface area contributed by atoms with E-state index in [9.17, 15) is 14.7 Å². The van der Waals surface area contributed by atoms with Crippen LogP contribution in [0.2, 0.25) is 5.02 Å². The molecular weight excluding hydrogens is 524 g/mol. The van der Waals surface area contributed by atoms with Crippen LogP contribution in [0.4, 0.5) is 5.13 Å². The average Bonchev–Trinajstić information content (AvgIpc) is 3.46. The fraction of sp³-hybridized carbons (Fsp3) is 0.207. The van der Waals surface area contributed by atoms with E-state index < -0.39 is 17.7 Å². The molecule has 0 unspecified atom stereocenters. The highest BCUT2D eigenvalue weighted by molar-refractivity contribution is 7.22. The van der Waals surface area contributed by atoms with E-state index in [0.29, 0.717) is 39.4 Å². The first-order valence-electron chi connectivity index (χ1n) is 12.1. The van der Waals surface area contributed by atoms with Crippen molar-refractivity contribution in [2.24, 2.45) is 0 Å². The average molecular weight is 549 g/mol. The van der Waals surface area contributed by atoms with Gasteiger partial charge in [0, 0.05) is 10.6 Å². The van der Waals surface area contributed by atoms with Gasteiger partial charge in [-0.15, -0.1) is 0 Å². The SMILES string of the molecule is CCOc1ccc([C@H]2C(=C(O)c3ccc(Cl)cc3)C(=O)C(=O)N2c2nc3ccc(CC)cc3s2)cc1OC. The maximum Gasteiger partial charge on any atom is 0.301 e. The number of rotatable bonds is 7. The first kappa shape index (κ1) is 25.8. The predicted molar refractivity (Wildman–Crippen MR) is 149 cm³/mol. The quantitative estimate of drug-likeness (QED) is 0.160. The summed E-state index contributed by atoms with van der Waals surface area (Å²) in [6.07, 6.45) is 0.862. The van der Waals surface area contributed by atoms with Crippen molar-refractivity contribution in [2.45, 2.75) is 26.3 Å². The number of aliphatic hydroxyl groups excluding tert-OH is 1. The first-order chi connectivity index (χ1) is 18.4. The summed E-state index contributed by atoms with van der Waals surface area (Å²) in [5.74, 6) is -0.898. The molecule has 0 spiro atoms. The standard InChI is InChI=1S/C29H25ClN2O5S/c1-4-16-6-12-20-23(14-16)38-29(31-20)32-25(18-9-13-21(37-5-2)22(15-18)36-3)24(27(34)28(32)35)26(33)17-7-10-19(30)11-8-17/h6-15,25,33H,4-5H2,1-3H3/t25-/m0/s1. The van der Waals surface area contributed by atoms with E-state index in [4.69, 9.17) is 26.1 Å². The summed E-state index contributed by atoms with van der Waals surface area (Å²) in [6.45, 7) is 4.37. The van der Waals surface area contributed by atoms with Gasteiger partial charge in [0.1, 0.15) is 5.76 Å². The van der Waals surface area contributed by atoms with E-state index in [-0.39, 0.29) is 11.3 Å². The predicted octanol–water partition coefficient (Wildman–Crippen LogP) is 6.55. The molecule has 1 aromatic heterocycles. The Bertz CT molecular complexity index is 1580. The van der Waals surface area contributed by atoms with E-state index in [1.54, 1.807) is 42.5 Å². The summed E-state index contributed by atoms with van der Waals surface area (Å²) in [4.78, 5) is 33.1. The number of halogens is 1. The van der Waals surface area contributed by atoms with E-state index >= 15 is 0 Å². The van der Waals surface area contributed by atoms with Gasteiger partial charge in [-0.25, -0.2) is 4.98 Å². The number of aryl methyl sites for hydroxylation is 1. The minimum absolute atomic E-state index is 0.0444. The summed E-state index contributed by atoms with van der Waals surface area (Å²) >= 11 is 7.36. The maximum absolute atomic E-state index is 13.5. The number of ether oxygens (including phenoxy) is 2. The van der Waals surface area contributed by atoms with Crippen LogP contribution < -0.4 is 14.4 Å². The topological polar surface area (TPSA) is 89.0 Å². The number of fused-ring (bicyclic) bond motifs is 1. The number of thiazole rings is 1. The molecule has 1 amide bonds. The molecule has 3 aromatic carbocycles. The molecule has 0 aliphatic carbocycles. The molecular formula is C29H25ClN2O5S. The number of carbonyl (C=O) groups excluding carboxylic acids is 2. The third-order valence-electron chi connectivity index (χ3n) is 6.42.